The largest absolute Gasteiger partial charge is 0.478 e. The van der Waals surface area contributed by atoms with Gasteiger partial charge in [0.1, 0.15) is 17.5 Å². The molecule has 4 heterocycles. The first-order chi connectivity index (χ1) is 16.4. The number of carboxylic acids is 1. The van der Waals surface area contributed by atoms with Gasteiger partial charge in [-0.15, -0.1) is 11.3 Å². The molecule has 4 rings (SSSR count). The molecule has 1 fully saturated rings. The Labute approximate surface area is 201 Å². The Morgan fingerprint density at radius 1 is 1.41 bits per heavy atom. The van der Waals surface area contributed by atoms with E-state index in [1.807, 2.05) is 17.0 Å². The number of hydrogen-bond donors (Lipinski definition) is 2. The molecule has 0 bridgehead atoms. The first-order valence-corrected chi connectivity index (χ1v) is 12.0. The van der Waals surface area contributed by atoms with Crippen molar-refractivity contribution in [2.45, 2.75) is 38.6 Å². The van der Waals surface area contributed by atoms with Crippen molar-refractivity contribution in [2.24, 2.45) is 0 Å². The molecule has 0 aromatic carbocycles. The molecule has 0 radical (unpaired) electrons. The number of carbonyl (C=O) groups is 1. The summed E-state index contributed by atoms with van der Waals surface area (Å²) in [6, 6.07) is 5.56. The van der Waals surface area contributed by atoms with Crippen molar-refractivity contribution in [1.82, 2.24) is 19.7 Å². The maximum Gasteiger partial charge on any atom is 0.328 e. The number of aryl methyl sites for hydroxylation is 2. The Bertz CT molecular complexity index is 1340. The van der Waals surface area contributed by atoms with Crippen LogP contribution in [0.3, 0.4) is 0 Å². The molecule has 1 saturated heterocycles. The molecule has 1 unspecified atom stereocenters. The zero-order chi connectivity index (χ0) is 24.2. The van der Waals surface area contributed by atoms with Gasteiger partial charge in [0.25, 0.3) is 5.56 Å². The number of carboxylic acid groups (broad SMARTS) is 1. The van der Waals surface area contributed by atoms with Crippen molar-refractivity contribution in [3.8, 4) is 6.07 Å². The number of fused-ring (bicyclic) bond motifs is 1. The molecule has 2 N–H and O–H groups in total. The Balaban J connectivity index is 1.69. The Morgan fingerprint density at radius 3 is 2.94 bits per heavy atom. The molecular formula is C24H26N6O3S. The molecule has 9 nitrogen and oxygen atoms in total. The van der Waals surface area contributed by atoms with Crippen molar-refractivity contribution in [1.29, 1.82) is 5.26 Å². The standard InChI is InChI=1S/C24H26N6O3S/c1-15(2)19-14-34-21(27-19)5-3-16-7-9-30-20(11-16)28-23(18(24(30)33)4-6-22(31)32)29-10-8-26-17(12-25)13-29/h4,6-7,9,11,14-15,17,26H,3,5,8,10,13H2,1-2H3,(H,31,32). The quantitative estimate of drug-likeness (QED) is 0.497. The summed E-state index contributed by atoms with van der Waals surface area (Å²) >= 11 is 1.66. The number of hydrogen-bond acceptors (Lipinski definition) is 8. The first kappa shape index (κ1) is 23.6. The lowest BCUT2D eigenvalue weighted by Gasteiger charge is -2.32. The average Bonchev–Trinajstić information content (AvgIpc) is 3.31. The lowest BCUT2D eigenvalue weighted by molar-refractivity contribution is -0.131. The van der Waals surface area contributed by atoms with Gasteiger partial charge in [-0.1, -0.05) is 13.8 Å². The van der Waals surface area contributed by atoms with Crippen LogP contribution in [0.5, 0.6) is 0 Å². The van der Waals surface area contributed by atoms with E-state index >= 15 is 0 Å². The molecule has 0 amide bonds. The van der Waals surface area contributed by atoms with Crippen LogP contribution in [0.2, 0.25) is 0 Å². The van der Waals surface area contributed by atoms with E-state index in [1.54, 1.807) is 17.5 Å². The number of rotatable bonds is 7. The third-order valence-corrected chi connectivity index (χ3v) is 6.65. The van der Waals surface area contributed by atoms with Crippen LogP contribution < -0.4 is 15.8 Å². The van der Waals surface area contributed by atoms with Crippen LogP contribution in [-0.4, -0.2) is 51.1 Å². The van der Waals surface area contributed by atoms with E-state index in [1.165, 1.54) is 10.5 Å². The molecule has 3 aromatic rings. The number of piperazine rings is 1. The molecule has 1 aliphatic heterocycles. The van der Waals surface area contributed by atoms with Crippen LogP contribution in [0.1, 0.15) is 41.6 Å². The fourth-order valence-corrected chi connectivity index (χ4v) is 4.82. The predicted octanol–water partition coefficient (Wildman–Crippen LogP) is 2.46. The number of nitrogens with one attached hydrogen (secondary N) is 1. The minimum absolute atomic E-state index is 0.190. The van der Waals surface area contributed by atoms with E-state index in [0.29, 0.717) is 37.0 Å². The monoisotopic (exact) mass is 478 g/mol. The summed E-state index contributed by atoms with van der Waals surface area (Å²) in [5.41, 5.74) is 2.46. The normalized spacial score (nSPS) is 16.4. The smallest absolute Gasteiger partial charge is 0.328 e. The lowest BCUT2D eigenvalue weighted by atomic mass is 10.1. The summed E-state index contributed by atoms with van der Waals surface area (Å²) in [5, 5.41) is 24.7. The number of pyridine rings is 1. The Morgan fingerprint density at radius 2 is 2.24 bits per heavy atom. The van der Waals surface area contributed by atoms with Gasteiger partial charge in [-0.3, -0.25) is 14.5 Å². The van der Waals surface area contributed by atoms with Crippen LogP contribution in [-0.2, 0) is 17.6 Å². The molecule has 10 heteroatoms. The lowest BCUT2D eigenvalue weighted by Crippen LogP contribution is -2.51. The molecule has 0 spiro atoms. The summed E-state index contributed by atoms with van der Waals surface area (Å²) in [6.45, 7) is 5.72. The zero-order valence-electron chi connectivity index (χ0n) is 19.1. The van der Waals surface area contributed by atoms with Gasteiger partial charge in [0, 0.05) is 43.7 Å². The average molecular weight is 479 g/mol. The second kappa shape index (κ2) is 10.2. The molecule has 3 aromatic heterocycles. The van der Waals surface area contributed by atoms with Crippen LogP contribution in [0.4, 0.5) is 5.82 Å². The molecule has 0 saturated carbocycles. The minimum Gasteiger partial charge on any atom is -0.478 e. The maximum absolute atomic E-state index is 13.3. The Hall–Kier alpha value is -3.55. The van der Waals surface area contributed by atoms with Crippen molar-refractivity contribution in [3.05, 3.63) is 62.0 Å². The fourth-order valence-electron chi connectivity index (χ4n) is 3.86. The number of anilines is 1. The summed E-state index contributed by atoms with van der Waals surface area (Å²) in [7, 11) is 0. The van der Waals surface area contributed by atoms with Gasteiger partial charge in [0.2, 0.25) is 0 Å². The summed E-state index contributed by atoms with van der Waals surface area (Å²) in [4.78, 5) is 35.7. The van der Waals surface area contributed by atoms with E-state index in [9.17, 15) is 14.9 Å². The molecule has 176 valence electrons. The zero-order valence-corrected chi connectivity index (χ0v) is 19.9. The van der Waals surface area contributed by atoms with Crippen molar-refractivity contribution >= 4 is 34.8 Å². The summed E-state index contributed by atoms with van der Waals surface area (Å²) in [6.07, 6.45) is 5.46. The SMILES string of the molecule is CC(C)c1csc(CCc2ccn3c(=O)c(C=CC(=O)O)c(N4CCNC(C#N)C4)nc3c2)n1. The van der Waals surface area contributed by atoms with E-state index in [4.69, 9.17) is 15.1 Å². The summed E-state index contributed by atoms with van der Waals surface area (Å²) < 4.78 is 1.43. The van der Waals surface area contributed by atoms with Crippen molar-refractivity contribution < 1.29 is 9.90 Å². The fraction of sp³-hybridized carbons (Fsp3) is 0.375. The van der Waals surface area contributed by atoms with Gasteiger partial charge in [0.15, 0.2) is 0 Å². The van der Waals surface area contributed by atoms with Gasteiger partial charge < -0.3 is 10.0 Å². The molecular weight excluding hydrogens is 452 g/mol. The highest BCUT2D eigenvalue weighted by Gasteiger charge is 2.24. The van der Waals surface area contributed by atoms with E-state index in [-0.39, 0.29) is 11.1 Å². The molecule has 0 aliphatic carbocycles. The van der Waals surface area contributed by atoms with Crippen molar-refractivity contribution in [3.63, 3.8) is 0 Å². The van der Waals surface area contributed by atoms with E-state index < -0.39 is 12.0 Å². The third-order valence-electron chi connectivity index (χ3n) is 5.72. The van der Waals surface area contributed by atoms with Crippen LogP contribution in [0.15, 0.2) is 34.6 Å². The highest BCUT2D eigenvalue weighted by atomic mass is 32.1. The van der Waals surface area contributed by atoms with Crippen LogP contribution in [0.25, 0.3) is 11.7 Å². The minimum atomic E-state index is -1.15. The van der Waals surface area contributed by atoms with Crippen LogP contribution >= 0.6 is 11.3 Å². The van der Waals surface area contributed by atoms with Gasteiger partial charge in [-0.2, -0.15) is 5.26 Å². The highest BCUT2D eigenvalue weighted by molar-refractivity contribution is 7.09. The Kier molecular flexibility index (Phi) is 7.05. The number of aromatic nitrogens is 3. The highest BCUT2D eigenvalue weighted by Crippen LogP contribution is 2.22. The van der Waals surface area contributed by atoms with Gasteiger partial charge >= 0.3 is 5.97 Å². The number of nitriles is 1. The van der Waals surface area contributed by atoms with Gasteiger partial charge in [-0.25, -0.2) is 14.8 Å². The van der Waals surface area contributed by atoms with E-state index in [0.717, 1.165) is 35.2 Å². The second-order valence-corrected chi connectivity index (χ2v) is 9.43. The third kappa shape index (κ3) is 5.16. The van der Waals surface area contributed by atoms with Crippen LogP contribution in [0, 0.1) is 11.3 Å². The van der Waals surface area contributed by atoms with Gasteiger partial charge in [-0.05, 0) is 36.1 Å². The summed E-state index contributed by atoms with van der Waals surface area (Å²) in [5.74, 6) is -0.359. The predicted molar refractivity (Wildman–Crippen MR) is 131 cm³/mol. The number of thiazole rings is 1. The molecule has 34 heavy (non-hydrogen) atoms. The van der Waals surface area contributed by atoms with Crippen molar-refractivity contribution in [2.75, 3.05) is 24.5 Å². The second-order valence-electron chi connectivity index (χ2n) is 8.49. The molecule has 1 aliphatic rings. The van der Waals surface area contributed by atoms with Gasteiger partial charge in [0.05, 0.1) is 22.3 Å². The topological polar surface area (TPSA) is 124 Å². The first-order valence-electron chi connectivity index (χ1n) is 11.1. The maximum atomic E-state index is 13.3. The van der Waals surface area contributed by atoms with E-state index in [2.05, 4.69) is 30.6 Å². The molecule has 1 atom stereocenters. The number of aliphatic carboxylic acids is 1. The number of nitrogens with zero attached hydrogens (tertiary/aromatic N) is 5.